The molecule has 1 aliphatic rings. The third-order valence-corrected chi connectivity index (χ3v) is 4.84. The Balaban J connectivity index is 1.50. The predicted molar refractivity (Wildman–Crippen MR) is 104 cm³/mol. The summed E-state index contributed by atoms with van der Waals surface area (Å²) in [5.74, 6) is -1.15. The molecule has 0 unspecified atom stereocenters. The molecule has 1 saturated carbocycles. The van der Waals surface area contributed by atoms with E-state index in [-0.39, 0.29) is 23.8 Å². The molecule has 6 heteroatoms. The summed E-state index contributed by atoms with van der Waals surface area (Å²) in [6, 6.07) is 10.9. The number of nitrogens with zero attached hydrogens (tertiary/aromatic N) is 1. The standard InChI is InChI=1S/C22H26F2N2O2/c1-26(2)14-15-4-3-5-16(10-15)22(27)25-19-6-8-20(9-7-19)28-21-12-17(23)11-18(24)13-21/h3-5,10-13,19-20H,6-9,14H2,1-2H3,(H,25,27). The molecule has 2 aromatic carbocycles. The Morgan fingerprint density at radius 3 is 2.39 bits per heavy atom. The van der Waals surface area contributed by atoms with E-state index in [1.807, 2.05) is 38.4 Å². The second kappa shape index (κ2) is 9.15. The summed E-state index contributed by atoms with van der Waals surface area (Å²) in [7, 11) is 3.98. The molecule has 4 nitrogen and oxygen atoms in total. The molecule has 1 N–H and O–H groups in total. The number of nitrogens with one attached hydrogen (secondary N) is 1. The van der Waals surface area contributed by atoms with Gasteiger partial charge in [0, 0.05) is 36.3 Å². The molecular formula is C22H26F2N2O2. The molecule has 0 heterocycles. The van der Waals surface area contributed by atoms with Crippen molar-refractivity contribution in [2.24, 2.45) is 0 Å². The van der Waals surface area contributed by atoms with Crippen LogP contribution in [-0.2, 0) is 6.54 Å². The third-order valence-electron chi connectivity index (χ3n) is 4.84. The maximum atomic E-state index is 13.3. The van der Waals surface area contributed by atoms with Gasteiger partial charge in [-0.25, -0.2) is 8.78 Å². The van der Waals surface area contributed by atoms with Gasteiger partial charge in [-0.3, -0.25) is 4.79 Å². The molecule has 0 aromatic heterocycles. The molecule has 0 atom stereocenters. The fourth-order valence-electron chi connectivity index (χ4n) is 3.56. The summed E-state index contributed by atoms with van der Waals surface area (Å²) >= 11 is 0. The summed E-state index contributed by atoms with van der Waals surface area (Å²) in [5, 5.41) is 3.09. The summed E-state index contributed by atoms with van der Waals surface area (Å²) < 4.78 is 32.3. The molecule has 0 saturated heterocycles. The Morgan fingerprint density at radius 2 is 1.75 bits per heavy atom. The van der Waals surface area contributed by atoms with Crippen molar-refractivity contribution in [3.05, 3.63) is 65.2 Å². The van der Waals surface area contributed by atoms with E-state index in [4.69, 9.17) is 4.74 Å². The number of hydrogen-bond donors (Lipinski definition) is 1. The normalized spacial score (nSPS) is 19.5. The van der Waals surface area contributed by atoms with E-state index in [9.17, 15) is 13.6 Å². The highest BCUT2D eigenvalue weighted by Crippen LogP contribution is 2.25. The second-order valence-electron chi connectivity index (χ2n) is 7.61. The first-order valence-electron chi connectivity index (χ1n) is 9.56. The largest absolute Gasteiger partial charge is 0.490 e. The van der Waals surface area contributed by atoms with Crippen molar-refractivity contribution in [1.82, 2.24) is 10.2 Å². The fraction of sp³-hybridized carbons (Fsp3) is 0.409. The minimum absolute atomic E-state index is 0.0721. The number of carbonyl (C=O) groups is 1. The molecule has 1 amide bonds. The van der Waals surface area contributed by atoms with Crippen molar-refractivity contribution in [3.63, 3.8) is 0 Å². The second-order valence-corrected chi connectivity index (χ2v) is 7.61. The summed E-state index contributed by atoms with van der Waals surface area (Å²) in [6.45, 7) is 0.782. The van der Waals surface area contributed by atoms with Crippen LogP contribution >= 0.6 is 0 Å². The molecule has 0 spiro atoms. The maximum absolute atomic E-state index is 13.3. The number of hydrogen-bond acceptors (Lipinski definition) is 3. The van der Waals surface area contributed by atoms with Crippen LogP contribution in [0.1, 0.15) is 41.6 Å². The van der Waals surface area contributed by atoms with Crippen LogP contribution in [0.5, 0.6) is 5.75 Å². The van der Waals surface area contributed by atoms with Gasteiger partial charge in [0.1, 0.15) is 17.4 Å². The first-order chi connectivity index (χ1) is 13.4. The lowest BCUT2D eigenvalue weighted by molar-refractivity contribution is 0.0893. The van der Waals surface area contributed by atoms with Gasteiger partial charge in [0.2, 0.25) is 0 Å². The van der Waals surface area contributed by atoms with Gasteiger partial charge in [-0.1, -0.05) is 12.1 Å². The molecule has 1 aliphatic carbocycles. The lowest BCUT2D eigenvalue weighted by Gasteiger charge is -2.29. The summed E-state index contributed by atoms with van der Waals surface area (Å²) in [5.41, 5.74) is 1.75. The van der Waals surface area contributed by atoms with Crippen LogP contribution in [0, 0.1) is 11.6 Å². The highest BCUT2D eigenvalue weighted by Gasteiger charge is 2.24. The van der Waals surface area contributed by atoms with Crippen molar-refractivity contribution in [2.75, 3.05) is 14.1 Å². The van der Waals surface area contributed by atoms with Crippen molar-refractivity contribution >= 4 is 5.91 Å². The number of ether oxygens (including phenoxy) is 1. The van der Waals surface area contributed by atoms with E-state index >= 15 is 0 Å². The molecule has 0 aliphatic heterocycles. The van der Waals surface area contributed by atoms with Crippen molar-refractivity contribution in [2.45, 2.75) is 44.4 Å². The Bertz CT molecular complexity index is 798. The molecule has 3 rings (SSSR count). The Hall–Kier alpha value is -2.47. The van der Waals surface area contributed by atoms with Crippen molar-refractivity contribution in [3.8, 4) is 5.75 Å². The van der Waals surface area contributed by atoms with Gasteiger partial charge in [-0.2, -0.15) is 0 Å². The third kappa shape index (κ3) is 5.76. The first-order valence-corrected chi connectivity index (χ1v) is 9.56. The molecule has 0 radical (unpaired) electrons. The zero-order valence-electron chi connectivity index (χ0n) is 16.3. The maximum Gasteiger partial charge on any atom is 0.251 e. The smallest absolute Gasteiger partial charge is 0.251 e. The highest BCUT2D eigenvalue weighted by molar-refractivity contribution is 5.94. The van der Waals surface area contributed by atoms with Crippen LogP contribution in [-0.4, -0.2) is 37.0 Å². The van der Waals surface area contributed by atoms with Crippen LogP contribution in [0.25, 0.3) is 0 Å². The van der Waals surface area contributed by atoms with Crippen LogP contribution in [0.3, 0.4) is 0 Å². The zero-order valence-corrected chi connectivity index (χ0v) is 16.3. The van der Waals surface area contributed by atoms with Crippen molar-refractivity contribution in [1.29, 1.82) is 0 Å². The first kappa shape index (κ1) is 20.3. The Labute approximate surface area is 164 Å². The van der Waals surface area contributed by atoms with Gasteiger partial charge in [-0.05, 0) is 57.5 Å². The van der Waals surface area contributed by atoms with Gasteiger partial charge in [0.25, 0.3) is 5.91 Å². The zero-order chi connectivity index (χ0) is 20.1. The number of carbonyl (C=O) groups excluding carboxylic acids is 1. The molecule has 28 heavy (non-hydrogen) atoms. The molecule has 1 fully saturated rings. The average Bonchev–Trinajstić information content (AvgIpc) is 2.62. The van der Waals surface area contributed by atoms with E-state index in [2.05, 4.69) is 10.2 Å². The van der Waals surface area contributed by atoms with Crippen LogP contribution in [0.15, 0.2) is 42.5 Å². The van der Waals surface area contributed by atoms with E-state index < -0.39 is 11.6 Å². The predicted octanol–water partition coefficient (Wildman–Crippen LogP) is 4.15. The van der Waals surface area contributed by atoms with Gasteiger partial charge < -0.3 is 15.0 Å². The monoisotopic (exact) mass is 388 g/mol. The molecular weight excluding hydrogens is 362 g/mol. The van der Waals surface area contributed by atoms with Crippen LogP contribution < -0.4 is 10.1 Å². The fourth-order valence-corrected chi connectivity index (χ4v) is 3.56. The van der Waals surface area contributed by atoms with Gasteiger partial charge in [0.05, 0.1) is 6.10 Å². The number of rotatable bonds is 6. The quantitative estimate of drug-likeness (QED) is 0.808. The van der Waals surface area contributed by atoms with E-state index in [1.54, 1.807) is 0 Å². The van der Waals surface area contributed by atoms with E-state index in [0.29, 0.717) is 5.56 Å². The molecule has 2 aromatic rings. The SMILES string of the molecule is CN(C)Cc1cccc(C(=O)NC2CCC(Oc3cc(F)cc(F)c3)CC2)c1. The highest BCUT2D eigenvalue weighted by atomic mass is 19.1. The Kier molecular flexibility index (Phi) is 6.62. The molecule has 150 valence electrons. The number of benzene rings is 2. The van der Waals surface area contributed by atoms with Gasteiger partial charge >= 0.3 is 0 Å². The lowest BCUT2D eigenvalue weighted by Crippen LogP contribution is -2.39. The number of halogens is 2. The number of amides is 1. The van der Waals surface area contributed by atoms with E-state index in [0.717, 1.165) is 43.9 Å². The van der Waals surface area contributed by atoms with Crippen LogP contribution in [0.4, 0.5) is 8.78 Å². The molecule has 0 bridgehead atoms. The summed E-state index contributed by atoms with van der Waals surface area (Å²) in [6.07, 6.45) is 2.89. The summed E-state index contributed by atoms with van der Waals surface area (Å²) in [4.78, 5) is 14.6. The minimum Gasteiger partial charge on any atom is -0.490 e. The average molecular weight is 388 g/mol. The topological polar surface area (TPSA) is 41.6 Å². The van der Waals surface area contributed by atoms with Crippen molar-refractivity contribution < 1.29 is 18.3 Å². The van der Waals surface area contributed by atoms with Gasteiger partial charge in [-0.15, -0.1) is 0 Å². The minimum atomic E-state index is -0.646. The Morgan fingerprint density at radius 1 is 1.07 bits per heavy atom. The van der Waals surface area contributed by atoms with E-state index in [1.165, 1.54) is 12.1 Å². The lowest BCUT2D eigenvalue weighted by atomic mass is 9.92. The van der Waals surface area contributed by atoms with Crippen LogP contribution in [0.2, 0.25) is 0 Å². The van der Waals surface area contributed by atoms with Gasteiger partial charge in [0.15, 0.2) is 0 Å².